The van der Waals surface area contributed by atoms with Crippen LogP contribution in [-0.4, -0.2) is 11.0 Å². The number of esters is 1. The number of ether oxygens (including phenoxy) is 1. The molecular formula is C9H15BrO2. The Morgan fingerprint density at radius 1 is 1.58 bits per heavy atom. The summed E-state index contributed by atoms with van der Waals surface area (Å²) in [6, 6.07) is 0. The molecule has 0 N–H and O–H groups in total. The maximum Gasteiger partial charge on any atom is 0.306 e. The second-order valence-electron chi connectivity index (χ2n) is 3.24. The molecule has 0 radical (unpaired) electrons. The predicted octanol–water partition coefficient (Wildman–Crippen LogP) is 2.85. The fourth-order valence-corrected chi connectivity index (χ4v) is 2.26. The number of hydrogen-bond acceptors (Lipinski definition) is 2. The Balaban J connectivity index is 2.26. The van der Waals surface area contributed by atoms with Crippen LogP contribution in [0.1, 0.15) is 39.0 Å². The van der Waals surface area contributed by atoms with Crippen LogP contribution in [0.25, 0.3) is 0 Å². The van der Waals surface area contributed by atoms with E-state index in [1.165, 1.54) is 25.7 Å². The topological polar surface area (TPSA) is 26.3 Å². The lowest BCUT2D eigenvalue weighted by Gasteiger charge is -2.16. The number of alkyl halides is 1. The molecule has 1 saturated carbocycles. The minimum absolute atomic E-state index is 0.0487. The van der Waals surface area contributed by atoms with Crippen molar-refractivity contribution in [3.8, 4) is 0 Å². The Labute approximate surface area is 81.8 Å². The molecule has 2 nitrogen and oxygen atoms in total. The molecule has 1 atom stereocenters. The van der Waals surface area contributed by atoms with Gasteiger partial charge in [-0.05, 0) is 28.8 Å². The van der Waals surface area contributed by atoms with Gasteiger partial charge in [0.15, 0.2) is 5.01 Å². The third kappa shape index (κ3) is 2.77. The fraction of sp³-hybridized carbons (Fsp3) is 0.889. The summed E-state index contributed by atoms with van der Waals surface area (Å²) < 4.78 is 5.16. The standard InChI is InChI=1S/C9H15BrO2/c1-2-8(11)12-9(10)7-5-3-4-6-7/h7,9H,2-6H2,1H3. The molecule has 0 spiro atoms. The fourth-order valence-electron chi connectivity index (χ4n) is 1.52. The van der Waals surface area contributed by atoms with E-state index in [0.717, 1.165) is 0 Å². The monoisotopic (exact) mass is 234 g/mol. The lowest BCUT2D eigenvalue weighted by atomic mass is 10.1. The van der Waals surface area contributed by atoms with Crippen LogP contribution < -0.4 is 0 Å². The maximum absolute atomic E-state index is 10.9. The maximum atomic E-state index is 10.9. The molecule has 1 rings (SSSR count). The summed E-state index contributed by atoms with van der Waals surface area (Å²) in [6.45, 7) is 1.82. The van der Waals surface area contributed by atoms with Crippen LogP contribution in [-0.2, 0) is 9.53 Å². The van der Waals surface area contributed by atoms with Crippen molar-refractivity contribution >= 4 is 21.9 Å². The minimum Gasteiger partial charge on any atom is -0.450 e. The van der Waals surface area contributed by atoms with Gasteiger partial charge < -0.3 is 4.74 Å². The Hall–Kier alpha value is -0.0500. The Morgan fingerprint density at radius 3 is 2.67 bits per heavy atom. The van der Waals surface area contributed by atoms with Crippen molar-refractivity contribution in [2.75, 3.05) is 0 Å². The van der Waals surface area contributed by atoms with E-state index in [4.69, 9.17) is 4.74 Å². The van der Waals surface area contributed by atoms with E-state index in [1.54, 1.807) is 0 Å². The number of rotatable bonds is 3. The molecule has 0 aliphatic heterocycles. The molecule has 0 bridgehead atoms. The van der Waals surface area contributed by atoms with Crippen LogP contribution in [0.15, 0.2) is 0 Å². The van der Waals surface area contributed by atoms with Crippen molar-refractivity contribution in [1.29, 1.82) is 0 Å². The predicted molar refractivity (Wildman–Crippen MR) is 51.1 cm³/mol. The van der Waals surface area contributed by atoms with Gasteiger partial charge in [0.05, 0.1) is 0 Å². The van der Waals surface area contributed by atoms with Crippen molar-refractivity contribution in [3.63, 3.8) is 0 Å². The normalized spacial score (nSPS) is 20.8. The minimum atomic E-state index is -0.108. The Kier molecular flexibility index (Phi) is 4.06. The number of hydrogen-bond donors (Lipinski definition) is 0. The van der Waals surface area contributed by atoms with Crippen LogP contribution in [0.4, 0.5) is 0 Å². The van der Waals surface area contributed by atoms with Gasteiger partial charge in [-0.15, -0.1) is 0 Å². The van der Waals surface area contributed by atoms with Gasteiger partial charge in [-0.1, -0.05) is 19.8 Å². The zero-order valence-electron chi connectivity index (χ0n) is 7.38. The van der Waals surface area contributed by atoms with E-state index >= 15 is 0 Å². The Morgan fingerprint density at radius 2 is 2.17 bits per heavy atom. The number of halogens is 1. The van der Waals surface area contributed by atoms with E-state index in [0.29, 0.717) is 12.3 Å². The largest absolute Gasteiger partial charge is 0.450 e. The first-order valence-corrected chi connectivity index (χ1v) is 5.49. The summed E-state index contributed by atoms with van der Waals surface area (Å²) in [5.74, 6) is 0.435. The van der Waals surface area contributed by atoms with Gasteiger partial charge in [0, 0.05) is 12.3 Å². The molecule has 1 unspecified atom stereocenters. The second kappa shape index (κ2) is 4.85. The molecule has 1 aliphatic carbocycles. The zero-order chi connectivity index (χ0) is 8.97. The highest BCUT2D eigenvalue weighted by Crippen LogP contribution is 2.32. The van der Waals surface area contributed by atoms with Gasteiger partial charge in [0.2, 0.25) is 0 Å². The van der Waals surface area contributed by atoms with E-state index in [2.05, 4.69) is 15.9 Å². The van der Waals surface area contributed by atoms with Gasteiger partial charge in [-0.25, -0.2) is 0 Å². The molecule has 0 aromatic carbocycles. The van der Waals surface area contributed by atoms with E-state index in [1.807, 2.05) is 6.92 Å². The molecule has 3 heteroatoms. The molecule has 0 heterocycles. The van der Waals surface area contributed by atoms with Crippen molar-refractivity contribution in [3.05, 3.63) is 0 Å². The van der Waals surface area contributed by atoms with E-state index in [9.17, 15) is 4.79 Å². The highest BCUT2D eigenvalue weighted by molar-refractivity contribution is 9.09. The first-order valence-electron chi connectivity index (χ1n) is 4.57. The number of carbonyl (C=O) groups excluding carboxylic acids is 1. The molecule has 1 aliphatic rings. The molecular weight excluding hydrogens is 220 g/mol. The van der Waals surface area contributed by atoms with E-state index < -0.39 is 0 Å². The van der Waals surface area contributed by atoms with Gasteiger partial charge >= 0.3 is 5.97 Å². The highest BCUT2D eigenvalue weighted by atomic mass is 79.9. The van der Waals surface area contributed by atoms with Gasteiger partial charge in [0.25, 0.3) is 0 Å². The second-order valence-corrected chi connectivity index (χ2v) is 4.14. The molecule has 0 amide bonds. The quantitative estimate of drug-likeness (QED) is 0.555. The van der Waals surface area contributed by atoms with Crippen LogP contribution in [0.5, 0.6) is 0 Å². The Bertz CT molecular complexity index is 153. The third-order valence-corrected chi connectivity index (χ3v) is 3.24. The summed E-state index contributed by atoms with van der Waals surface area (Å²) in [6.07, 6.45) is 5.39. The summed E-state index contributed by atoms with van der Waals surface area (Å²) in [7, 11) is 0. The molecule has 0 aromatic rings. The smallest absolute Gasteiger partial charge is 0.306 e. The first kappa shape index (κ1) is 10.0. The van der Waals surface area contributed by atoms with Crippen LogP contribution in [0, 0.1) is 5.92 Å². The molecule has 0 saturated heterocycles. The third-order valence-electron chi connectivity index (χ3n) is 2.30. The van der Waals surface area contributed by atoms with Crippen molar-refractivity contribution < 1.29 is 9.53 Å². The lowest BCUT2D eigenvalue weighted by Crippen LogP contribution is -2.18. The van der Waals surface area contributed by atoms with Crippen LogP contribution in [0.3, 0.4) is 0 Å². The summed E-state index contributed by atoms with van der Waals surface area (Å²) in [5, 5.41) is -0.0487. The number of carbonyl (C=O) groups is 1. The highest BCUT2D eigenvalue weighted by Gasteiger charge is 2.25. The van der Waals surface area contributed by atoms with Crippen LogP contribution >= 0.6 is 15.9 Å². The lowest BCUT2D eigenvalue weighted by molar-refractivity contribution is -0.146. The van der Waals surface area contributed by atoms with Gasteiger partial charge in [0.1, 0.15) is 0 Å². The average molecular weight is 235 g/mol. The summed E-state index contributed by atoms with van der Waals surface area (Å²) in [4.78, 5) is 10.9. The van der Waals surface area contributed by atoms with Crippen molar-refractivity contribution in [1.82, 2.24) is 0 Å². The first-order chi connectivity index (χ1) is 5.74. The molecule has 12 heavy (non-hydrogen) atoms. The van der Waals surface area contributed by atoms with Crippen molar-refractivity contribution in [2.24, 2.45) is 5.92 Å². The molecule has 0 aromatic heterocycles. The zero-order valence-corrected chi connectivity index (χ0v) is 8.97. The van der Waals surface area contributed by atoms with Crippen molar-refractivity contribution in [2.45, 2.75) is 44.0 Å². The molecule has 1 fully saturated rings. The van der Waals surface area contributed by atoms with E-state index in [-0.39, 0.29) is 11.0 Å². The SMILES string of the molecule is CCC(=O)OC(Br)C1CCCC1. The van der Waals surface area contributed by atoms with Gasteiger partial charge in [-0.2, -0.15) is 0 Å². The summed E-state index contributed by atoms with van der Waals surface area (Å²) in [5.41, 5.74) is 0. The summed E-state index contributed by atoms with van der Waals surface area (Å²) >= 11 is 3.40. The van der Waals surface area contributed by atoms with Gasteiger partial charge in [-0.3, -0.25) is 4.79 Å². The molecule has 70 valence electrons. The van der Waals surface area contributed by atoms with Crippen LogP contribution in [0.2, 0.25) is 0 Å². The average Bonchev–Trinajstić information content (AvgIpc) is 2.56.